The van der Waals surface area contributed by atoms with Crippen LogP contribution >= 0.6 is 0 Å². The van der Waals surface area contributed by atoms with E-state index in [1.165, 1.54) is 32.1 Å². The zero-order valence-corrected chi connectivity index (χ0v) is 8.34. The Morgan fingerprint density at radius 2 is 2.25 bits per heavy atom. The Morgan fingerprint density at radius 1 is 1.50 bits per heavy atom. The predicted octanol–water partition coefficient (Wildman–Crippen LogP) is 3.18. The Balaban J connectivity index is 2.24. The van der Waals surface area contributed by atoms with E-state index in [2.05, 4.69) is 13.8 Å². The maximum atomic E-state index is 6.17. The Bertz CT molecular complexity index is 178. The minimum Gasteiger partial charge on any atom is -0.0738 e. The average molecular weight is 162 g/mol. The van der Waals surface area contributed by atoms with Crippen molar-refractivity contribution in [3.05, 3.63) is 0 Å². The molecule has 0 N–H and O–H groups in total. The Morgan fingerprint density at radius 3 is 2.83 bits per heavy atom. The third kappa shape index (κ3) is 0.979. The summed E-state index contributed by atoms with van der Waals surface area (Å²) in [6, 6.07) is 0. The van der Waals surface area contributed by atoms with Crippen LogP contribution in [-0.2, 0) is 0 Å². The van der Waals surface area contributed by atoms with Gasteiger partial charge >= 0.3 is 0 Å². The van der Waals surface area contributed by atoms with E-state index in [1.807, 2.05) is 0 Å². The van der Waals surface area contributed by atoms with Crippen molar-refractivity contribution < 1.29 is 0 Å². The maximum Gasteiger partial charge on any atom is 0.0703 e. The van der Waals surface area contributed by atoms with Gasteiger partial charge < -0.3 is 0 Å². The lowest BCUT2D eigenvalue weighted by molar-refractivity contribution is 0.117. The molecule has 0 aromatic carbocycles. The molecule has 2 radical (unpaired) electrons. The van der Waals surface area contributed by atoms with Gasteiger partial charge in [0.2, 0.25) is 0 Å². The van der Waals surface area contributed by atoms with E-state index in [1.54, 1.807) is 0 Å². The zero-order valence-electron chi connectivity index (χ0n) is 8.34. The van der Waals surface area contributed by atoms with Crippen LogP contribution in [0.1, 0.15) is 46.0 Å². The van der Waals surface area contributed by atoms with Gasteiger partial charge in [0, 0.05) is 0 Å². The van der Waals surface area contributed by atoms with Crippen LogP contribution in [0.15, 0.2) is 0 Å². The van der Waals surface area contributed by atoms with Gasteiger partial charge in [0.25, 0.3) is 0 Å². The second-order valence-electron chi connectivity index (χ2n) is 4.93. The summed E-state index contributed by atoms with van der Waals surface area (Å²) in [5, 5.41) is 0. The summed E-state index contributed by atoms with van der Waals surface area (Å²) in [4.78, 5) is 0. The van der Waals surface area contributed by atoms with Crippen molar-refractivity contribution in [2.45, 2.75) is 51.8 Å². The molecule has 4 atom stereocenters. The molecule has 2 fully saturated rings. The van der Waals surface area contributed by atoms with E-state index in [0.717, 1.165) is 11.8 Å². The molecule has 0 amide bonds. The van der Waals surface area contributed by atoms with Gasteiger partial charge in [0.05, 0.1) is 7.85 Å². The lowest BCUT2D eigenvalue weighted by atomic mass is 9.66. The van der Waals surface area contributed by atoms with E-state index >= 15 is 0 Å². The van der Waals surface area contributed by atoms with Gasteiger partial charge in [0.15, 0.2) is 0 Å². The van der Waals surface area contributed by atoms with E-state index in [4.69, 9.17) is 7.85 Å². The van der Waals surface area contributed by atoms with Crippen LogP contribution in [0.25, 0.3) is 0 Å². The first-order valence-electron chi connectivity index (χ1n) is 5.45. The SMILES string of the molecule is [B][C@@H]1CC2(CC)CCCC1[C@@H]2C. The second-order valence-corrected chi connectivity index (χ2v) is 4.93. The first kappa shape index (κ1) is 8.65. The highest BCUT2D eigenvalue weighted by molar-refractivity contribution is 6.12. The molecule has 0 saturated heterocycles. The van der Waals surface area contributed by atoms with Crippen LogP contribution in [0, 0.1) is 17.3 Å². The standard InChI is InChI=1S/C11H19B/c1-3-11-6-4-5-9(8(11)2)10(12)7-11/h8-10H,3-7H2,1-2H3/t8-,9?,10+,11?/m0/s1. The molecular weight excluding hydrogens is 143 g/mol. The third-order valence-corrected chi connectivity index (χ3v) is 4.72. The summed E-state index contributed by atoms with van der Waals surface area (Å²) in [5.41, 5.74) is 0.641. The van der Waals surface area contributed by atoms with Gasteiger partial charge in [-0.2, -0.15) is 0 Å². The number of fused-ring (bicyclic) bond motifs is 2. The van der Waals surface area contributed by atoms with Crippen LogP contribution in [-0.4, -0.2) is 7.85 Å². The summed E-state index contributed by atoms with van der Waals surface area (Å²) in [5.74, 6) is 2.26. The third-order valence-electron chi connectivity index (χ3n) is 4.72. The Kier molecular flexibility index (Phi) is 2.01. The molecule has 2 saturated carbocycles. The molecule has 2 aliphatic rings. The highest BCUT2D eigenvalue weighted by Gasteiger charge is 2.49. The van der Waals surface area contributed by atoms with Crippen LogP contribution in [0.3, 0.4) is 0 Å². The quantitative estimate of drug-likeness (QED) is 0.519. The van der Waals surface area contributed by atoms with E-state index < -0.39 is 0 Å². The van der Waals surface area contributed by atoms with Gasteiger partial charge in [-0.3, -0.25) is 0 Å². The smallest absolute Gasteiger partial charge is 0.0703 e. The van der Waals surface area contributed by atoms with Gasteiger partial charge in [-0.1, -0.05) is 45.3 Å². The first-order valence-corrected chi connectivity index (χ1v) is 5.45. The number of rotatable bonds is 1. The van der Waals surface area contributed by atoms with Crippen molar-refractivity contribution >= 4 is 7.85 Å². The molecular formula is C11H19B. The van der Waals surface area contributed by atoms with Gasteiger partial charge in [0.1, 0.15) is 0 Å². The highest BCUT2D eigenvalue weighted by atomic mass is 14.5. The molecule has 0 heterocycles. The monoisotopic (exact) mass is 162 g/mol. The number of hydrogen-bond donors (Lipinski definition) is 0. The van der Waals surface area contributed by atoms with E-state index in [9.17, 15) is 0 Å². The molecule has 0 aromatic heterocycles. The van der Waals surface area contributed by atoms with Gasteiger partial charge in [-0.25, -0.2) is 0 Å². The van der Waals surface area contributed by atoms with E-state index in [0.29, 0.717) is 11.2 Å². The topological polar surface area (TPSA) is 0 Å². The molecule has 12 heavy (non-hydrogen) atoms. The second kappa shape index (κ2) is 2.78. The summed E-state index contributed by atoms with van der Waals surface area (Å²) in [6.45, 7) is 4.77. The minimum absolute atomic E-state index is 0.516. The molecule has 2 aliphatic carbocycles. The van der Waals surface area contributed by atoms with Crippen LogP contribution in [0.4, 0.5) is 0 Å². The molecule has 0 aliphatic heterocycles. The summed E-state index contributed by atoms with van der Waals surface area (Å²) >= 11 is 0. The lowest BCUT2D eigenvalue weighted by Gasteiger charge is -2.39. The van der Waals surface area contributed by atoms with Gasteiger partial charge in [-0.05, 0) is 23.7 Å². The summed E-state index contributed by atoms with van der Waals surface area (Å²) in [6.07, 6.45) is 6.91. The van der Waals surface area contributed by atoms with Crippen molar-refractivity contribution in [2.24, 2.45) is 17.3 Å². The van der Waals surface area contributed by atoms with Crippen LogP contribution < -0.4 is 0 Å². The molecule has 0 spiro atoms. The van der Waals surface area contributed by atoms with Crippen LogP contribution in [0.2, 0.25) is 5.82 Å². The fraction of sp³-hybridized carbons (Fsp3) is 1.00. The molecule has 0 aromatic rings. The molecule has 66 valence electrons. The number of hydrogen-bond acceptors (Lipinski definition) is 0. The van der Waals surface area contributed by atoms with Crippen molar-refractivity contribution in [1.82, 2.24) is 0 Å². The van der Waals surface area contributed by atoms with Gasteiger partial charge in [-0.15, -0.1) is 0 Å². The fourth-order valence-electron chi connectivity index (χ4n) is 3.76. The van der Waals surface area contributed by atoms with Crippen molar-refractivity contribution in [3.63, 3.8) is 0 Å². The average Bonchev–Trinajstić information content (AvgIpc) is 2.23. The molecule has 2 bridgehead atoms. The molecule has 0 nitrogen and oxygen atoms in total. The zero-order chi connectivity index (χ0) is 8.77. The maximum absolute atomic E-state index is 6.17. The largest absolute Gasteiger partial charge is 0.0738 e. The lowest BCUT2D eigenvalue weighted by Crippen LogP contribution is -2.29. The first-order chi connectivity index (χ1) is 5.69. The normalized spacial score (nSPS) is 52.7. The van der Waals surface area contributed by atoms with Crippen molar-refractivity contribution in [3.8, 4) is 0 Å². The van der Waals surface area contributed by atoms with Crippen molar-refractivity contribution in [2.75, 3.05) is 0 Å². The Labute approximate surface area is 77.5 Å². The van der Waals surface area contributed by atoms with Crippen molar-refractivity contribution in [1.29, 1.82) is 0 Å². The minimum atomic E-state index is 0.516. The predicted molar refractivity (Wildman–Crippen MR) is 53.4 cm³/mol. The Hall–Kier alpha value is 0.0649. The molecule has 2 rings (SSSR count). The summed E-state index contributed by atoms with van der Waals surface area (Å²) < 4.78 is 0. The fourth-order valence-corrected chi connectivity index (χ4v) is 3.76. The van der Waals surface area contributed by atoms with E-state index in [-0.39, 0.29) is 0 Å². The van der Waals surface area contributed by atoms with Crippen LogP contribution in [0.5, 0.6) is 0 Å². The molecule has 2 unspecified atom stereocenters. The molecule has 1 heteroatoms. The highest BCUT2D eigenvalue weighted by Crippen LogP contribution is 2.60. The summed E-state index contributed by atoms with van der Waals surface area (Å²) in [7, 11) is 6.17.